The van der Waals surface area contributed by atoms with Gasteiger partial charge in [0.1, 0.15) is 11.8 Å². The van der Waals surface area contributed by atoms with Crippen molar-refractivity contribution in [2.75, 3.05) is 13.2 Å². The fourth-order valence-corrected chi connectivity index (χ4v) is 3.72. The summed E-state index contributed by atoms with van der Waals surface area (Å²) in [5, 5.41) is 21.6. The second-order valence-corrected chi connectivity index (χ2v) is 6.92. The van der Waals surface area contributed by atoms with Gasteiger partial charge in [0, 0.05) is 18.3 Å². The zero-order chi connectivity index (χ0) is 24.5. The molecule has 1 fully saturated rings. The molecular weight excluding hydrogens is 454 g/mol. The largest absolute Gasteiger partial charge is 0.466 e. The molecule has 3 N–H and O–H groups in total. The highest BCUT2D eigenvalue weighted by Crippen LogP contribution is 2.55. The Kier molecular flexibility index (Phi) is 7.12. The van der Waals surface area contributed by atoms with E-state index in [9.17, 15) is 46.1 Å². The molecule has 0 saturated carbocycles. The number of carbonyl (C=O) groups is 2. The van der Waals surface area contributed by atoms with Crippen LogP contribution in [0.2, 0.25) is 0 Å². The van der Waals surface area contributed by atoms with Crippen molar-refractivity contribution in [1.29, 1.82) is 0 Å². The molecule has 1 aromatic heterocycles. The van der Waals surface area contributed by atoms with Crippen molar-refractivity contribution in [2.45, 2.75) is 43.6 Å². The van der Waals surface area contributed by atoms with Gasteiger partial charge in [-0.2, -0.15) is 26.3 Å². The van der Waals surface area contributed by atoms with Gasteiger partial charge in [0.2, 0.25) is 11.4 Å². The van der Waals surface area contributed by atoms with E-state index in [0.29, 0.717) is 5.32 Å². The minimum absolute atomic E-state index is 0.428. The molecular formula is C18H20F6N2O6. The van der Waals surface area contributed by atoms with Gasteiger partial charge in [-0.15, -0.1) is 0 Å². The molecule has 0 bridgehead atoms. The average molecular weight is 474 g/mol. The Morgan fingerprint density at radius 1 is 0.938 bits per heavy atom. The van der Waals surface area contributed by atoms with E-state index in [0.717, 1.165) is 24.5 Å². The van der Waals surface area contributed by atoms with Gasteiger partial charge in [0.05, 0.1) is 13.2 Å². The van der Waals surface area contributed by atoms with Crippen LogP contribution >= 0.6 is 0 Å². The first-order valence-corrected chi connectivity index (χ1v) is 9.26. The Morgan fingerprint density at radius 3 is 1.62 bits per heavy atom. The van der Waals surface area contributed by atoms with E-state index < -0.39 is 72.3 Å². The number of alkyl halides is 6. The third kappa shape index (κ3) is 4.26. The highest BCUT2D eigenvalue weighted by Gasteiger charge is 2.78. The molecule has 2 rings (SSSR count). The summed E-state index contributed by atoms with van der Waals surface area (Å²) in [6, 6.07) is 1.89. The van der Waals surface area contributed by atoms with E-state index in [-0.39, 0.29) is 0 Å². The number of hydrogen-bond acceptors (Lipinski definition) is 8. The third-order valence-electron chi connectivity index (χ3n) is 5.04. The zero-order valence-corrected chi connectivity index (χ0v) is 16.7. The van der Waals surface area contributed by atoms with Gasteiger partial charge in [0.25, 0.3) is 0 Å². The van der Waals surface area contributed by atoms with Crippen LogP contribution in [0.1, 0.15) is 25.3 Å². The van der Waals surface area contributed by atoms with E-state index in [2.05, 4.69) is 14.5 Å². The number of carbonyl (C=O) groups excluding carboxylic acids is 2. The number of nitrogens with zero attached hydrogens (tertiary/aromatic N) is 1. The van der Waals surface area contributed by atoms with Crippen LogP contribution in [0.5, 0.6) is 0 Å². The van der Waals surface area contributed by atoms with E-state index in [4.69, 9.17) is 0 Å². The van der Waals surface area contributed by atoms with E-state index in [1.54, 1.807) is 0 Å². The molecule has 14 heteroatoms. The normalized spacial score (nSPS) is 31.1. The maximum absolute atomic E-state index is 13.9. The highest BCUT2D eigenvalue weighted by molar-refractivity contribution is 5.81. The van der Waals surface area contributed by atoms with Crippen LogP contribution in [0.3, 0.4) is 0 Å². The van der Waals surface area contributed by atoms with Crippen molar-refractivity contribution in [3.05, 3.63) is 30.1 Å². The Hall–Kier alpha value is -2.45. The fraction of sp³-hybridized carbons (Fsp3) is 0.611. The summed E-state index contributed by atoms with van der Waals surface area (Å²) in [5.41, 5.74) is -9.70. The maximum Gasteiger partial charge on any atom is 0.432 e. The molecule has 0 aromatic carbocycles. The van der Waals surface area contributed by atoms with E-state index in [1.165, 1.54) is 13.8 Å². The van der Waals surface area contributed by atoms with Gasteiger partial charge in [-0.25, -0.2) is 5.32 Å². The molecule has 1 aliphatic heterocycles. The van der Waals surface area contributed by atoms with Crippen LogP contribution in [0.15, 0.2) is 24.5 Å². The molecule has 8 nitrogen and oxygen atoms in total. The second kappa shape index (κ2) is 8.83. The number of pyridine rings is 1. The van der Waals surface area contributed by atoms with Crippen molar-refractivity contribution in [2.24, 2.45) is 11.8 Å². The molecule has 0 radical (unpaired) electrons. The summed E-state index contributed by atoms with van der Waals surface area (Å²) in [6.45, 7) is 1.47. The highest BCUT2D eigenvalue weighted by atomic mass is 19.4. The summed E-state index contributed by atoms with van der Waals surface area (Å²) >= 11 is 0. The molecule has 5 atom stereocenters. The molecule has 32 heavy (non-hydrogen) atoms. The topological polar surface area (TPSA) is 118 Å². The molecule has 3 unspecified atom stereocenters. The van der Waals surface area contributed by atoms with Crippen molar-refractivity contribution in [1.82, 2.24) is 10.3 Å². The lowest BCUT2D eigenvalue weighted by Crippen LogP contribution is -2.81. The first kappa shape index (κ1) is 25.8. The molecule has 1 saturated heterocycles. The Morgan fingerprint density at radius 2 is 1.31 bits per heavy atom. The number of rotatable bonds is 5. The summed E-state index contributed by atoms with van der Waals surface area (Å²) in [4.78, 5) is 28.8. The van der Waals surface area contributed by atoms with Crippen LogP contribution < -0.4 is 5.32 Å². The van der Waals surface area contributed by atoms with Crippen molar-refractivity contribution in [3.8, 4) is 0 Å². The number of nitrogens with one attached hydrogen (secondary N) is 1. The predicted octanol–water partition coefficient (Wildman–Crippen LogP) is 1.63. The Balaban J connectivity index is 2.93. The maximum atomic E-state index is 13.9. The lowest BCUT2D eigenvalue weighted by Gasteiger charge is -2.54. The van der Waals surface area contributed by atoms with Gasteiger partial charge in [-0.3, -0.25) is 14.6 Å². The first-order valence-electron chi connectivity index (χ1n) is 9.26. The molecule has 0 spiro atoms. The van der Waals surface area contributed by atoms with Crippen LogP contribution in [0.4, 0.5) is 26.3 Å². The minimum atomic E-state index is -5.92. The second-order valence-electron chi connectivity index (χ2n) is 6.92. The molecule has 0 aliphatic carbocycles. The third-order valence-corrected chi connectivity index (χ3v) is 5.04. The summed E-state index contributed by atoms with van der Waals surface area (Å²) in [6.07, 6.45) is -9.87. The number of piperidine rings is 1. The Bertz CT molecular complexity index is 787. The zero-order valence-electron chi connectivity index (χ0n) is 16.7. The smallest absolute Gasteiger partial charge is 0.432 e. The van der Waals surface area contributed by atoms with Gasteiger partial charge >= 0.3 is 24.3 Å². The van der Waals surface area contributed by atoms with Crippen LogP contribution in [0.25, 0.3) is 0 Å². The lowest BCUT2D eigenvalue weighted by atomic mass is 9.64. The average Bonchev–Trinajstić information content (AvgIpc) is 2.66. The summed E-state index contributed by atoms with van der Waals surface area (Å²) in [7, 11) is 0. The van der Waals surface area contributed by atoms with Crippen molar-refractivity contribution in [3.63, 3.8) is 0 Å². The van der Waals surface area contributed by atoms with Crippen molar-refractivity contribution < 1.29 is 55.6 Å². The number of aromatic nitrogens is 1. The number of esters is 2. The number of hydrogen-bond donors (Lipinski definition) is 3. The van der Waals surface area contributed by atoms with Gasteiger partial charge < -0.3 is 19.7 Å². The molecule has 1 aromatic rings. The number of halogens is 6. The molecule has 180 valence electrons. The lowest BCUT2D eigenvalue weighted by molar-refractivity contribution is -0.376. The van der Waals surface area contributed by atoms with E-state index >= 15 is 0 Å². The number of ether oxygens (including phenoxy) is 2. The molecule has 0 amide bonds. The molecule has 1 aliphatic rings. The van der Waals surface area contributed by atoms with Crippen LogP contribution in [-0.4, -0.2) is 64.2 Å². The molecule has 2 heterocycles. The van der Waals surface area contributed by atoms with Crippen molar-refractivity contribution >= 4 is 11.9 Å². The van der Waals surface area contributed by atoms with Gasteiger partial charge in [0.15, 0.2) is 0 Å². The quantitative estimate of drug-likeness (QED) is 0.436. The van der Waals surface area contributed by atoms with Crippen LogP contribution in [0, 0.1) is 11.8 Å². The minimum Gasteiger partial charge on any atom is -0.466 e. The predicted molar refractivity (Wildman–Crippen MR) is 92.4 cm³/mol. The summed E-state index contributed by atoms with van der Waals surface area (Å²) < 4.78 is 92.9. The number of aliphatic hydroxyl groups is 2. The van der Waals surface area contributed by atoms with Crippen LogP contribution in [-0.2, 0) is 19.1 Å². The SMILES string of the molecule is CCOC(=O)[C@@H]1C(c2ccncc2)[C@H](C(=O)OCC)C(O)(C(F)(F)F)NC1(O)C(F)(F)F. The fourth-order valence-electron chi connectivity index (χ4n) is 3.72. The monoisotopic (exact) mass is 474 g/mol. The first-order chi connectivity index (χ1) is 14.7. The summed E-state index contributed by atoms with van der Waals surface area (Å²) in [5.74, 6) is -11.5. The van der Waals surface area contributed by atoms with Gasteiger partial charge in [-0.05, 0) is 31.5 Å². The standard InChI is InChI=1S/C18H20F6N2O6/c1-3-31-13(27)11-10(9-5-7-25-8-6-9)12(14(28)32-4-2)16(30,18(22,23)24)26-15(11,29)17(19,20)21/h5-8,10-12,26,29-30H,3-4H2,1-2H3/t10?,11-,12+,15?,16?. The Labute approximate surface area is 177 Å². The van der Waals surface area contributed by atoms with E-state index in [1.807, 2.05) is 0 Å². The van der Waals surface area contributed by atoms with Gasteiger partial charge in [-0.1, -0.05) is 0 Å².